The number of nitrogens with zero attached hydrogens (tertiary/aromatic N) is 2. The number of esters is 1. The van der Waals surface area contributed by atoms with E-state index < -0.39 is 5.60 Å². The Hall–Kier alpha value is -2.89. The molecule has 0 N–H and O–H groups in total. The minimum Gasteiger partial charge on any atom is -0.483 e. The van der Waals surface area contributed by atoms with Crippen LogP contribution in [0.25, 0.3) is 5.57 Å². The smallest absolute Gasteiger partial charge is 0.314 e. The lowest BCUT2D eigenvalue weighted by Gasteiger charge is -2.42. The van der Waals surface area contributed by atoms with E-state index in [0.29, 0.717) is 18.8 Å². The zero-order valence-electron chi connectivity index (χ0n) is 27.2. The molecule has 1 saturated heterocycles. The molecule has 3 aliphatic rings. The second kappa shape index (κ2) is 15.6. The first-order valence-electron chi connectivity index (χ1n) is 16.2. The molecule has 2 aromatic carbocycles. The van der Waals surface area contributed by atoms with Gasteiger partial charge in [-0.25, -0.2) is 4.39 Å². The molecule has 2 aromatic rings. The summed E-state index contributed by atoms with van der Waals surface area (Å²) in [4.78, 5) is 18.2. The Balaban J connectivity index is 0.00000461. The third-order valence-corrected chi connectivity index (χ3v) is 9.40. The Labute approximate surface area is 274 Å². The number of aryl methyl sites for hydroxylation is 1. The van der Waals surface area contributed by atoms with Gasteiger partial charge in [0.25, 0.3) is 0 Å². The number of carbonyl (C=O) groups excluding carboxylic acids is 1. The van der Waals surface area contributed by atoms with Crippen LogP contribution in [0.4, 0.5) is 4.39 Å². The van der Waals surface area contributed by atoms with Gasteiger partial charge in [-0.05, 0) is 105 Å². The maximum absolute atomic E-state index is 13.6. The molecule has 45 heavy (non-hydrogen) atoms. The Bertz CT molecular complexity index is 1390. The predicted octanol–water partition coefficient (Wildman–Crippen LogP) is 6.90. The zero-order valence-corrected chi connectivity index (χ0v) is 28.0. The van der Waals surface area contributed by atoms with Crippen molar-refractivity contribution in [1.82, 2.24) is 9.80 Å². The van der Waals surface area contributed by atoms with Gasteiger partial charge in [0.2, 0.25) is 0 Å². The van der Waals surface area contributed by atoms with Crippen molar-refractivity contribution >= 4 is 23.9 Å². The Kier molecular flexibility index (Phi) is 12.1. The van der Waals surface area contributed by atoms with E-state index in [1.54, 1.807) is 0 Å². The summed E-state index contributed by atoms with van der Waals surface area (Å²) in [5.41, 5.74) is 5.04. The normalized spacial score (nSPS) is 19.3. The maximum atomic E-state index is 13.6. The minimum absolute atomic E-state index is 0. The van der Waals surface area contributed by atoms with E-state index in [4.69, 9.17) is 20.6 Å². The summed E-state index contributed by atoms with van der Waals surface area (Å²) in [6, 6.07) is 10.9. The van der Waals surface area contributed by atoms with Gasteiger partial charge in [0.05, 0.1) is 31.2 Å². The van der Waals surface area contributed by atoms with Gasteiger partial charge in [0.1, 0.15) is 22.9 Å². The molecule has 244 valence electrons. The topological polar surface area (TPSA) is 51.2 Å². The van der Waals surface area contributed by atoms with Crippen LogP contribution in [0.15, 0.2) is 42.0 Å². The number of fused-ring (bicyclic) bond motifs is 2. The molecule has 0 aliphatic carbocycles. The van der Waals surface area contributed by atoms with Gasteiger partial charge >= 0.3 is 5.97 Å². The molecule has 5 rings (SSSR count). The minimum atomic E-state index is -0.470. The fourth-order valence-corrected chi connectivity index (χ4v) is 6.62. The van der Waals surface area contributed by atoms with Crippen LogP contribution in [0.5, 0.6) is 11.5 Å². The second-order valence-electron chi connectivity index (χ2n) is 13.1. The van der Waals surface area contributed by atoms with E-state index in [-0.39, 0.29) is 36.0 Å². The van der Waals surface area contributed by atoms with Gasteiger partial charge < -0.3 is 14.2 Å². The van der Waals surface area contributed by atoms with Gasteiger partial charge in [0, 0.05) is 26.2 Å². The molecule has 8 heteroatoms. The molecular weight excluding hydrogens is 591 g/mol. The van der Waals surface area contributed by atoms with Crippen LogP contribution in [-0.4, -0.2) is 73.9 Å². The largest absolute Gasteiger partial charge is 0.483 e. The maximum Gasteiger partial charge on any atom is 0.314 e. The number of ether oxygens (including phenoxy) is 3. The molecule has 0 spiro atoms. The molecule has 0 saturated carbocycles. The molecule has 2 unspecified atom stereocenters. The number of hydrogen-bond acceptors (Lipinski definition) is 6. The highest BCUT2D eigenvalue weighted by molar-refractivity contribution is 5.86. The molecule has 0 bridgehead atoms. The van der Waals surface area contributed by atoms with Crippen molar-refractivity contribution in [2.75, 3.05) is 52.5 Å². The summed E-state index contributed by atoms with van der Waals surface area (Å²) in [6.45, 7) is 14.7. The molecule has 0 amide bonds. The van der Waals surface area contributed by atoms with Crippen molar-refractivity contribution < 1.29 is 23.4 Å². The van der Waals surface area contributed by atoms with Gasteiger partial charge in [0.15, 0.2) is 0 Å². The van der Waals surface area contributed by atoms with Crippen molar-refractivity contribution in [3.63, 3.8) is 0 Å². The van der Waals surface area contributed by atoms with Crippen molar-refractivity contribution in [2.24, 2.45) is 5.92 Å². The zero-order chi connectivity index (χ0) is 31.3. The fraction of sp³-hybridized carbons (Fsp3) is 0.541. The number of carbonyl (C=O) groups is 1. The monoisotopic (exact) mass is 638 g/mol. The lowest BCUT2D eigenvalue weighted by atomic mass is 9.80. The molecule has 1 fully saturated rings. The average molecular weight is 639 g/mol. The van der Waals surface area contributed by atoms with E-state index in [9.17, 15) is 9.18 Å². The van der Waals surface area contributed by atoms with E-state index in [1.165, 1.54) is 17.7 Å². The number of rotatable bonds is 11. The van der Waals surface area contributed by atoms with Crippen molar-refractivity contribution in [3.05, 3.63) is 64.5 Å². The van der Waals surface area contributed by atoms with Gasteiger partial charge in [-0.1, -0.05) is 31.9 Å². The predicted molar refractivity (Wildman–Crippen MR) is 180 cm³/mol. The van der Waals surface area contributed by atoms with Crippen LogP contribution in [0.3, 0.4) is 0 Å². The second-order valence-corrected chi connectivity index (χ2v) is 13.1. The first kappa shape index (κ1) is 35.0. The summed E-state index contributed by atoms with van der Waals surface area (Å²) in [6.07, 6.45) is 10.1. The Morgan fingerprint density at radius 3 is 2.53 bits per heavy atom. The molecule has 6 nitrogen and oxygen atoms in total. The van der Waals surface area contributed by atoms with Gasteiger partial charge in [-0.15, -0.1) is 18.8 Å². The number of morpholine rings is 1. The summed E-state index contributed by atoms with van der Waals surface area (Å²) in [5.74, 6) is 3.68. The lowest BCUT2D eigenvalue weighted by molar-refractivity contribution is -0.138. The average Bonchev–Trinajstić information content (AvgIpc) is 3.00. The van der Waals surface area contributed by atoms with Crippen LogP contribution < -0.4 is 9.47 Å². The fourth-order valence-electron chi connectivity index (χ4n) is 6.62. The molecular formula is C37H48ClFN2O4. The highest BCUT2D eigenvalue weighted by Gasteiger charge is 2.40. The van der Waals surface area contributed by atoms with Crippen molar-refractivity contribution in [3.8, 4) is 23.8 Å². The van der Waals surface area contributed by atoms with Crippen molar-refractivity contribution in [2.45, 2.75) is 71.3 Å². The third-order valence-electron chi connectivity index (χ3n) is 9.40. The summed E-state index contributed by atoms with van der Waals surface area (Å²) in [5, 5.41) is 0. The van der Waals surface area contributed by atoms with Crippen LogP contribution in [0.2, 0.25) is 0 Å². The first-order chi connectivity index (χ1) is 21.1. The van der Waals surface area contributed by atoms with Crippen LogP contribution in [0.1, 0.15) is 76.0 Å². The molecule has 2 atom stereocenters. The van der Waals surface area contributed by atoms with Gasteiger partial charge in [-0.3, -0.25) is 14.6 Å². The molecule has 3 heterocycles. The van der Waals surface area contributed by atoms with Crippen LogP contribution >= 0.6 is 12.4 Å². The summed E-state index contributed by atoms with van der Waals surface area (Å²) in [7, 11) is 0. The first-order valence-corrected chi connectivity index (χ1v) is 16.2. The van der Waals surface area contributed by atoms with Crippen LogP contribution in [0, 0.1) is 24.1 Å². The lowest BCUT2D eigenvalue weighted by Crippen LogP contribution is -2.42. The standard InChI is InChI=1S/C37H47FN2O4.ClH/c1-6-16-40-18-15-32-31(25-40)35-33(43-36(41)27(3)14-17-39-19-21-42-22-20-39)23-29(24-34(35)44-37(32,4)5)26(2)8-7-9-28-10-12-30(38)13-11-28;/h1,10-13,23-24,26-27H,7-9,14-22,25H2,2-5H3;1H. The van der Waals surface area contributed by atoms with Crippen LogP contribution in [-0.2, 0) is 16.0 Å². The van der Waals surface area contributed by atoms with Gasteiger partial charge in [-0.2, -0.15) is 0 Å². The molecule has 0 radical (unpaired) electrons. The highest BCUT2D eigenvalue weighted by atomic mass is 35.5. The van der Waals surface area contributed by atoms with E-state index in [2.05, 4.69) is 48.6 Å². The highest BCUT2D eigenvalue weighted by Crippen LogP contribution is 2.49. The van der Waals surface area contributed by atoms with E-state index in [0.717, 1.165) is 99.5 Å². The van der Waals surface area contributed by atoms with Crippen molar-refractivity contribution in [1.29, 1.82) is 0 Å². The Morgan fingerprint density at radius 2 is 1.82 bits per heavy atom. The third kappa shape index (κ3) is 8.68. The number of benzene rings is 2. The van der Waals surface area contributed by atoms with E-state index in [1.807, 2.05) is 19.1 Å². The summed E-state index contributed by atoms with van der Waals surface area (Å²) < 4.78 is 31.8. The number of halogens is 2. The SMILES string of the molecule is C#CCN1CCC2=C(C1)c1c(OC(=O)C(C)CCN3CCOCC3)cc(C(C)CCCc3ccc(F)cc3)cc1OC2(C)C.Cl. The van der Waals surface area contributed by atoms with E-state index >= 15 is 0 Å². The number of hydrogen-bond donors (Lipinski definition) is 0. The molecule has 0 aromatic heterocycles. The quantitative estimate of drug-likeness (QED) is 0.152. The Morgan fingerprint density at radius 1 is 1.09 bits per heavy atom. The number of terminal acetylenes is 1. The summed E-state index contributed by atoms with van der Waals surface area (Å²) >= 11 is 0. The molecule has 3 aliphatic heterocycles.